The predicted octanol–water partition coefficient (Wildman–Crippen LogP) is 3.18. The molecule has 0 bridgehead atoms. The van der Waals surface area contributed by atoms with E-state index in [0.717, 1.165) is 16.7 Å². The number of halogens is 1. The molecule has 128 valence electrons. The Morgan fingerprint density at radius 2 is 1.92 bits per heavy atom. The minimum atomic E-state index is -0.208. The molecule has 0 radical (unpaired) electrons. The number of nitrogens with zero attached hydrogens (tertiary/aromatic N) is 4. The highest BCUT2D eigenvalue weighted by Gasteiger charge is 2.14. The van der Waals surface area contributed by atoms with Gasteiger partial charge in [0.15, 0.2) is 0 Å². The molecule has 1 aromatic heterocycles. The monoisotopic (exact) mass is 355 g/mol. The smallest absolute Gasteiger partial charge is 0.244 e. The molecule has 3 rings (SSSR count). The lowest BCUT2D eigenvalue weighted by atomic mass is 10.1. The lowest BCUT2D eigenvalue weighted by Crippen LogP contribution is -2.31. The second-order valence-corrected chi connectivity index (χ2v) is 6.23. The number of aromatic nitrogens is 4. The number of carbonyl (C=O) groups excluding carboxylic acids is 1. The van der Waals surface area contributed by atoms with Gasteiger partial charge in [0.1, 0.15) is 6.54 Å². The van der Waals surface area contributed by atoms with Gasteiger partial charge < -0.3 is 5.32 Å². The third kappa shape index (κ3) is 4.22. The van der Waals surface area contributed by atoms with Crippen molar-refractivity contribution in [1.82, 2.24) is 25.5 Å². The zero-order chi connectivity index (χ0) is 17.8. The van der Waals surface area contributed by atoms with Crippen LogP contribution < -0.4 is 5.32 Å². The molecule has 0 fully saturated rings. The summed E-state index contributed by atoms with van der Waals surface area (Å²) in [6.07, 6.45) is 0. The highest BCUT2D eigenvalue weighted by molar-refractivity contribution is 6.31. The van der Waals surface area contributed by atoms with Crippen molar-refractivity contribution in [3.05, 3.63) is 64.7 Å². The zero-order valence-corrected chi connectivity index (χ0v) is 14.7. The van der Waals surface area contributed by atoms with Crippen LogP contribution in [0.15, 0.2) is 48.5 Å². The van der Waals surface area contributed by atoms with Crippen molar-refractivity contribution in [1.29, 1.82) is 0 Å². The fourth-order valence-corrected chi connectivity index (χ4v) is 2.75. The minimum absolute atomic E-state index is 0.00630. The Bertz CT molecular complexity index is 875. The van der Waals surface area contributed by atoms with E-state index in [0.29, 0.717) is 10.8 Å². The van der Waals surface area contributed by atoms with Gasteiger partial charge in [-0.2, -0.15) is 4.80 Å². The molecule has 1 N–H and O–H groups in total. The van der Waals surface area contributed by atoms with Crippen molar-refractivity contribution in [2.75, 3.05) is 0 Å². The Labute approximate surface area is 150 Å². The first kappa shape index (κ1) is 17.1. The molecule has 0 aliphatic carbocycles. The number of rotatable bonds is 5. The Kier molecular flexibility index (Phi) is 5.09. The Hall–Kier alpha value is -2.73. The number of hydrogen-bond donors (Lipinski definition) is 1. The molecule has 1 atom stereocenters. The molecule has 0 aliphatic heterocycles. The molecule has 3 aromatic rings. The molecule has 6 nitrogen and oxygen atoms in total. The summed E-state index contributed by atoms with van der Waals surface area (Å²) in [4.78, 5) is 13.5. The van der Waals surface area contributed by atoms with Gasteiger partial charge in [0.25, 0.3) is 0 Å². The van der Waals surface area contributed by atoms with E-state index in [4.69, 9.17) is 11.6 Å². The van der Waals surface area contributed by atoms with E-state index in [9.17, 15) is 4.79 Å². The van der Waals surface area contributed by atoms with E-state index in [-0.39, 0.29) is 18.5 Å². The number of carbonyl (C=O) groups is 1. The number of hydrogen-bond acceptors (Lipinski definition) is 4. The molecular formula is C18H18ClN5O. The Balaban J connectivity index is 1.64. The van der Waals surface area contributed by atoms with Crippen LogP contribution in [0.2, 0.25) is 5.02 Å². The van der Waals surface area contributed by atoms with E-state index in [2.05, 4.69) is 20.7 Å². The van der Waals surface area contributed by atoms with Crippen LogP contribution >= 0.6 is 11.6 Å². The maximum atomic E-state index is 12.2. The molecule has 0 spiro atoms. The SMILES string of the molecule is Cc1ccc(-c2nnn(CC(=O)NC(C)c3ccccc3Cl)n2)cc1. The fraction of sp³-hybridized carbons (Fsp3) is 0.222. The highest BCUT2D eigenvalue weighted by Crippen LogP contribution is 2.22. The van der Waals surface area contributed by atoms with Gasteiger partial charge >= 0.3 is 0 Å². The predicted molar refractivity (Wildman–Crippen MR) is 96.0 cm³/mol. The van der Waals surface area contributed by atoms with Crippen molar-refractivity contribution >= 4 is 17.5 Å². The van der Waals surface area contributed by atoms with Gasteiger partial charge in [0.2, 0.25) is 11.7 Å². The number of benzene rings is 2. The molecule has 1 amide bonds. The molecule has 0 saturated carbocycles. The van der Waals surface area contributed by atoms with E-state index >= 15 is 0 Å². The van der Waals surface area contributed by atoms with Crippen LogP contribution in [0.3, 0.4) is 0 Å². The number of amides is 1. The molecule has 7 heteroatoms. The lowest BCUT2D eigenvalue weighted by Gasteiger charge is -2.15. The molecule has 2 aromatic carbocycles. The van der Waals surface area contributed by atoms with Crippen molar-refractivity contribution in [3.63, 3.8) is 0 Å². The summed E-state index contributed by atoms with van der Waals surface area (Å²) in [6, 6.07) is 15.0. The summed E-state index contributed by atoms with van der Waals surface area (Å²) in [5, 5.41) is 15.7. The average Bonchev–Trinajstić information content (AvgIpc) is 3.04. The van der Waals surface area contributed by atoms with Gasteiger partial charge in [0.05, 0.1) is 6.04 Å². The lowest BCUT2D eigenvalue weighted by molar-refractivity contribution is -0.122. The van der Waals surface area contributed by atoms with Crippen LogP contribution in [-0.2, 0) is 11.3 Å². The first-order valence-corrected chi connectivity index (χ1v) is 8.29. The molecule has 25 heavy (non-hydrogen) atoms. The maximum Gasteiger partial charge on any atom is 0.244 e. The van der Waals surface area contributed by atoms with Gasteiger partial charge in [-0.25, -0.2) is 0 Å². The van der Waals surface area contributed by atoms with Crippen molar-refractivity contribution in [2.24, 2.45) is 0 Å². The first-order valence-electron chi connectivity index (χ1n) is 7.91. The minimum Gasteiger partial charge on any atom is -0.348 e. The van der Waals surface area contributed by atoms with Crippen LogP contribution in [0.4, 0.5) is 0 Å². The maximum absolute atomic E-state index is 12.2. The van der Waals surface area contributed by atoms with E-state index in [1.54, 1.807) is 6.07 Å². The Morgan fingerprint density at radius 3 is 2.64 bits per heavy atom. The van der Waals surface area contributed by atoms with Crippen molar-refractivity contribution < 1.29 is 4.79 Å². The Morgan fingerprint density at radius 1 is 1.20 bits per heavy atom. The summed E-state index contributed by atoms with van der Waals surface area (Å²) in [7, 11) is 0. The molecule has 0 aliphatic rings. The van der Waals surface area contributed by atoms with E-state index in [1.165, 1.54) is 4.80 Å². The van der Waals surface area contributed by atoms with Gasteiger partial charge in [-0.05, 0) is 30.7 Å². The van der Waals surface area contributed by atoms with Crippen LogP contribution in [0.1, 0.15) is 24.1 Å². The second-order valence-electron chi connectivity index (χ2n) is 5.82. The van der Waals surface area contributed by atoms with Gasteiger partial charge in [-0.1, -0.05) is 59.6 Å². The first-order chi connectivity index (χ1) is 12.0. The highest BCUT2D eigenvalue weighted by atomic mass is 35.5. The van der Waals surface area contributed by atoms with Crippen LogP contribution in [0.25, 0.3) is 11.4 Å². The third-order valence-electron chi connectivity index (χ3n) is 3.80. The van der Waals surface area contributed by atoms with Crippen LogP contribution in [0.5, 0.6) is 0 Å². The summed E-state index contributed by atoms with van der Waals surface area (Å²) in [5.74, 6) is 0.284. The van der Waals surface area contributed by atoms with Crippen LogP contribution in [-0.4, -0.2) is 26.1 Å². The largest absolute Gasteiger partial charge is 0.348 e. The number of nitrogens with one attached hydrogen (secondary N) is 1. The number of tetrazole rings is 1. The average molecular weight is 356 g/mol. The topological polar surface area (TPSA) is 72.7 Å². The quantitative estimate of drug-likeness (QED) is 0.763. The van der Waals surface area contributed by atoms with Crippen molar-refractivity contribution in [2.45, 2.75) is 26.4 Å². The van der Waals surface area contributed by atoms with Crippen molar-refractivity contribution in [3.8, 4) is 11.4 Å². The van der Waals surface area contributed by atoms with E-state index < -0.39 is 0 Å². The summed E-state index contributed by atoms with van der Waals surface area (Å²) in [6.45, 7) is 3.89. The molecular weight excluding hydrogens is 338 g/mol. The fourth-order valence-electron chi connectivity index (χ4n) is 2.45. The number of aryl methyl sites for hydroxylation is 1. The summed E-state index contributed by atoms with van der Waals surface area (Å²) in [5.41, 5.74) is 2.88. The standard InChI is InChI=1S/C18H18ClN5O/c1-12-7-9-14(10-8-12)18-21-23-24(22-18)11-17(25)20-13(2)15-5-3-4-6-16(15)19/h3-10,13H,11H2,1-2H3,(H,20,25). The molecule has 0 saturated heterocycles. The second kappa shape index (κ2) is 7.44. The van der Waals surface area contributed by atoms with Gasteiger partial charge in [-0.15, -0.1) is 10.2 Å². The molecule has 1 heterocycles. The van der Waals surface area contributed by atoms with Gasteiger partial charge in [0, 0.05) is 10.6 Å². The normalized spacial score (nSPS) is 12.0. The summed E-state index contributed by atoms with van der Waals surface area (Å²) >= 11 is 6.15. The zero-order valence-electron chi connectivity index (χ0n) is 14.0. The molecule has 1 unspecified atom stereocenters. The van der Waals surface area contributed by atoms with Crippen LogP contribution in [0, 0.1) is 6.92 Å². The van der Waals surface area contributed by atoms with E-state index in [1.807, 2.05) is 56.3 Å². The third-order valence-corrected chi connectivity index (χ3v) is 4.14. The summed E-state index contributed by atoms with van der Waals surface area (Å²) < 4.78 is 0. The van der Waals surface area contributed by atoms with Gasteiger partial charge in [-0.3, -0.25) is 4.79 Å².